The van der Waals surface area contributed by atoms with Gasteiger partial charge in [-0.1, -0.05) is 44.0 Å². The standard InChI is InChI=1S/C19H30N2O2.ClH/c1-4-5-6-7-15-8-10-16(11-9-15)17(22)12-13-18(23)21-19(2,3)14-20;/h8-11H,4-7,12-14,20H2,1-3H3,(H,21,23);1H. The molecule has 4 nitrogen and oxygen atoms in total. The number of Topliss-reactive ketones (excluding diaryl/α,β-unsaturated/α-hetero) is 1. The highest BCUT2D eigenvalue weighted by molar-refractivity contribution is 5.98. The monoisotopic (exact) mass is 354 g/mol. The van der Waals surface area contributed by atoms with Crippen LogP contribution >= 0.6 is 12.4 Å². The fourth-order valence-electron chi connectivity index (χ4n) is 2.30. The van der Waals surface area contributed by atoms with E-state index >= 15 is 0 Å². The van der Waals surface area contributed by atoms with Crippen LogP contribution in [0.5, 0.6) is 0 Å². The molecule has 0 unspecified atom stereocenters. The van der Waals surface area contributed by atoms with Gasteiger partial charge >= 0.3 is 0 Å². The second-order valence-corrected chi connectivity index (χ2v) is 6.71. The first kappa shape index (κ1) is 22.6. The van der Waals surface area contributed by atoms with Crippen molar-refractivity contribution in [2.75, 3.05) is 6.54 Å². The summed E-state index contributed by atoms with van der Waals surface area (Å²) in [6.45, 7) is 6.28. The van der Waals surface area contributed by atoms with E-state index < -0.39 is 5.54 Å². The summed E-state index contributed by atoms with van der Waals surface area (Å²) in [5.41, 5.74) is 7.08. The molecule has 0 aromatic heterocycles. The van der Waals surface area contributed by atoms with Crippen molar-refractivity contribution in [3.05, 3.63) is 35.4 Å². The molecule has 0 bridgehead atoms. The molecule has 0 saturated heterocycles. The zero-order valence-electron chi connectivity index (χ0n) is 15.1. The Kier molecular flexibility index (Phi) is 10.6. The van der Waals surface area contributed by atoms with Crippen molar-refractivity contribution < 1.29 is 9.59 Å². The molecule has 24 heavy (non-hydrogen) atoms. The van der Waals surface area contributed by atoms with Crippen LogP contribution in [0.3, 0.4) is 0 Å². The maximum absolute atomic E-state index is 12.2. The lowest BCUT2D eigenvalue weighted by Crippen LogP contribution is -2.48. The molecule has 0 fully saturated rings. The minimum Gasteiger partial charge on any atom is -0.350 e. The number of benzene rings is 1. The van der Waals surface area contributed by atoms with E-state index in [4.69, 9.17) is 5.73 Å². The largest absolute Gasteiger partial charge is 0.350 e. The van der Waals surface area contributed by atoms with Gasteiger partial charge in [0, 0.05) is 30.5 Å². The molecule has 136 valence electrons. The first-order chi connectivity index (χ1) is 10.9. The molecular weight excluding hydrogens is 324 g/mol. The van der Waals surface area contributed by atoms with Crippen LogP contribution in [0.15, 0.2) is 24.3 Å². The predicted molar refractivity (Wildman–Crippen MR) is 102 cm³/mol. The summed E-state index contributed by atoms with van der Waals surface area (Å²) in [7, 11) is 0. The Bertz CT molecular complexity index is 513. The average Bonchev–Trinajstić information content (AvgIpc) is 2.53. The molecule has 0 saturated carbocycles. The smallest absolute Gasteiger partial charge is 0.220 e. The SMILES string of the molecule is CCCCCc1ccc(C(=O)CCC(=O)NC(C)(C)CN)cc1.Cl. The minimum atomic E-state index is -0.430. The van der Waals surface area contributed by atoms with Crippen molar-refractivity contribution in [2.24, 2.45) is 5.73 Å². The van der Waals surface area contributed by atoms with E-state index in [1.165, 1.54) is 24.8 Å². The lowest BCUT2D eigenvalue weighted by molar-refractivity contribution is -0.122. The number of carbonyl (C=O) groups is 2. The van der Waals surface area contributed by atoms with Crippen LogP contribution in [0.25, 0.3) is 0 Å². The maximum Gasteiger partial charge on any atom is 0.220 e. The Morgan fingerprint density at radius 1 is 1.08 bits per heavy atom. The molecule has 0 heterocycles. The molecular formula is C19H31ClN2O2. The molecule has 0 aliphatic carbocycles. The molecule has 1 amide bonds. The van der Waals surface area contributed by atoms with Gasteiger partial charge in [0.2, 0.25) is 5.91 Å². The van der Waals surface area contributed by atoms with E-state index in [-0.39, 0.29) is 36.9 Å². The third-order valence-electron chi connectivity index (χ3n) is 3.91. The normalized spacial score (nSPS) is 10.8. The highest BCUT2D eigenvalue weighted by Gasteiger charge is 2.18. The van der Waals surface area contributed by atoms with Gasteiger partial charge in [0.05, 0.1) is 0 Å². The molecule has 3 N–H and O–H groups in total. The average molecular weight is 355 g/mol. The summed E-state index contributed by atoms with van der Waals surface area (Å²) in [6, 6.07) is 7.76. The van der Waals surface area contributed by atoms with Crippen LogP contribution in [0.1, 0.15) is 68.8 Å². The second kappa shape index (κ2) is 11.2. The molecule has 0 aliphatic rings. The lowest BCUT2D eigenvalue weighted by atomic mass is 10.0. The third kappa shape index (κ3) is 8.46. The summed E-state index contributed by atoms with van der Waals surface area (Å²) in [5.74, 6) is -0.129. The van der Waals surface area contributed by atoms with E-state index in [9.17, 15) is 9.59 Å². The van der Waals surface area contributed by atoms with Gasteiger partial charge in [0.25, 0.3) is 0 Å². The van der Waals surface area contributed by atoms with Gasteiger partial charge in [0.1, 0.15) is 0 Å². The zero-order valence-corrected chi connectivity index (χ0v) is 15.9. The van der Waals surface area contributed by atoms with E-state index in [0.29, 0.717) is 12.1 Å². The van der Waals surface area contributed by atoms with Crippen molar-refractivity contribution in [1.82, 2.24) is 5.32 Å². The van der Waals surface area contributed by atoms with Gasteiger partial charge in [-0.05, 0) is 32.3 Å². The highest BCUT2D eigenvalue weighted by atomic mass is 35.5. The van der Waals surface area contributed by atoms with E-state index in [2.05, 4.69) is 12.2 Å². The van der Waals surface area contributed by atoms with Crippen molar-refractivity contribution >= 4 is 24.1 Å². The van der Waals surface area contributed by atoms with Crippen molar-refractivity contribution in [1.29, 1.82) is 0 Å². The van der Waals surface area contributed by atoms with Gasteiger partial charge in [0.15, 0.2) is 5.78 Å². The van der Waals surface area contributed by atoms with Crippen LogP contribution in [0.2, 0.25) is 0 Å². The molecule has 1 aromatic rings. The number of ketones is 1. The number of carbonyl (C=O) groups excluding carboxylic acids is 2. The fourth-order valence-corrected chi connectivity index (χ4v) is 2.30. The van der Waals surface area contributed by atoms with Gasteiger partial charge in [-0.15, -0.1) is 12.4 Å². The molecule has 5 heteroatoms. The van der Waals surface area contributed by atoms with Crippen molar-refractivity contribution in [3.8, 4) is 0 Å². The van der Waals surface area contributed by atoms with Gasteiger partial charge in [-0.25, -0.2) is 0 Å². The minimum absolute atomic E-state index is 0. The number of nitrogens with one attached hydrogen (secondary N) is 1. The number of aryl methyl sites for hydroxylation is 1. The molecule has 1 aromatic carbocycles. The number of amides is 1. The first-order valence-electron chi connectivity index (χ1n) is 8.51. The summed E-state index contributed by atoms with van der Waals surface area (Å²) >= 11 is 0. The topological polar surface area (TPSA) is 72.2 Å². The number of nitrogens with two attached hydrogens (primary N) is 1. The van der Waals surface area contributed by atoms with Crippen LogP contribution in [-0.2, 0) is 11.2 Å². The van der Waals surface area contributed by atoms with Gasteiger partial charge in [-0.2, -0.15) is 0 Å². The van der Waals surface area contributed by atoms with Gasteiger partial charge in [-0.3, -0.25) is 9.59 Å². The zero-order chi connectivity index (χ0) is 17.3. The van der Waals surface area contributed by atoms with E-state index in [1.807, 2.05) is 38.1 Å². The Labute approximate surface area is 152 Å². The Morgan fingerprint density at radius 3 is 2.25 bits per heavy atom. The van der Waals surface area contributed by atoms with Crippen LogP contribution in [-0.4, -0.2) is 23.8 Å². The molecule has 0 spiro atoms. The Hall–Kier alpha value is -1.39. The van der Waals surface area contributed by atoms with E-state index in [0.717, 1.165) is 6.42 Å². The van der Waals surface area contributed by atoms with Crippen molar-refractivity contribution in [2.45, 2.75) is 64.8 Å². The van der Waals surface area contributed by atoms with Crippen LogP contribution in [0, 0.1) is 0 Å². The molecule has 0 aliphatic heterocycles. The van der Waals surface area contributed by atoms with Crippen molar-refractivity contribution in [3.63, 3.8) is 0 Å². The summed E-state index contributed by atoms with van der Waals surface area (Å²) in [4.78, 5) is 24.0. The number of hydrogen-bond acceptors (Lipinski definition) is 3. The Morgan fingerprint density at radius 2 is 1.71 bits per heavy atom. The first-order valence-corrected chi connectivity index (χ1v) is 8.51. The molecule has 0 radical (unpaired) electrons. The number of unbranched alkanes of at least 4 members (excludes halogenated alkanes) is 2. The Balaban J connectivity index is 0.00000529. The maximum atomic E-state index is 12.2. The van der Waals surface area contributed by atoms with Gasteiger partial charge < -0.3 is 11.1 Å². The molecule has 0 atom stereocenters. The quantitative estimate of drug-likeness (QED) is 0.497. The predicted octanol–water partition coefficient (Wildman–Crippen LogP) is 3.66. The van der Waals surface area contributed by atoms with Crippen LogP contribution < -0.4 is 11.1 Å². The summed E-state index contributed by atoms with van der Waals surface area (Å²) in [5, 5.41) is 2.83. The second-order valence-electron chi connectivity index (χ2n) is 6.71. The summed E-state index contributed by atoms with van der Waals surface area (Å²) in [6.07, 6.45) is 5.09. The van der Waals surface area contributed by atoms with Crippen LogP contribution in [0.4, 0.5) is 0 Å². The fraction of sp³-hybridized carbons (Fsp3) is 0.579. The highest BCUT2D eigenvalue weighted by Crippen LogP contribution is 2.11. The number of halogens is 1. The number of hydrogen-bond donors (Lipinski definition) is 2. The number of rotatable bonds is 10. The van der Waals surface area contributed by atoms with E-state index in [1.54, 1.807) is 0 Å². The summed E-state index contributed by atoms with van der Waals surface area (Å²) < 4.78 is 0. The third-order valence-corrected chi connectivity index (χ3v) is 3.91. The molecule has 1 rings (SSSR count). The lowest BCUT2D eigenvalue weighted by Gasteiger charge is -2.24.